The molecule has 0 amide bonds. The number of furan rings is 1. The maximum Gasteiger partial charge on any atom is 0.168 e. The van der Waals surface area contributed by atoms with Gasteiger partial charge in [-0.25, -0.2) is 4.98 Å². The number of nitrogens with zero attached hydrogens (tertiary/aromatic N) is 3. The predicted octanol–water partition coefficient (Wildman–Crippen LogP) is 4.20. The van der Waals surface area contributed by atoms with Gasteiger partial charge in [-0.05, 0) is 35.2 Å². The first kappa shape index (κ1) is 21.1. The summed E-state index contributed by atoms with van der Waals surface area (Å²) in [4.78, 5) is 16.7. The van der Waals surface area contributed by atoms with E-state index in [4.69, 9.17) is 21.0 Å². The van der Waals surface area contributed by atoms with Gasteiger partial charge < -0.3 is 20.6 Å². The van der Waals surface area contributed by atoms with Crippen molar-refractivity contribution in [3.8, 4) is 22.6 Å². The van der Waals surface area contributed by atoms with Crippen molar-refractivity contribution in [3.63, 3.8) is 0 Å². The minimum atomic E-state index is 0.286. The molecule has 0 fully saturated rings. The lowest BCUT2D eigenvalue weighted by atomic mass is 9.98. The van der Waals surface area contributed by atoms with Crippen molar-refractivity contribution < 1.29 is 9.21 Å². The minimum absolute atomic E-state index is 0.286. The molecule has 0 bridgehead atoms. The van der Waals surface area contributed by atoms with Gasteiger partial charge in [0.05, 0.1) is 6.26 Å². The highest BCUT2D eigenvalue weighted by molar-refractivity contribution is 6.03. The quantitative estimate of drug-likeness (QED) is 0.144. The normalized spacial score (nSPS) is 11.6. The molecule has 0 aliphatic carbocycles. The number of aldehydes is 1. The Labute approximate surface area is 186 Å². The fraction of sp³-hybridized carbons (Fsp3) is 0.160. The Morgan fingerprint density at radius 3 is 2.56 bits per heavy atom. The van der Waals surface area contributed by atoms with Crippen LogP contribution in [0, 0.1) is 0 Å². The van der Waals surface area contributed by atoms with Crippen molar-refractivity contribution in [1.82, 2.24) is 9.55 Å². The van der Waals surface area contributed by atoms with E-state index in [1.54, 1.807) is 12.3 Å². The summed E-state index contributed by atoms with van der Waals surface area (Å²) in [6.07, 6.45) is 4.13. The fourth-order valence-corrected chi connectivity index (χ4v) is 3.82. The molecular weight excluding hydrogens is 402 g/mol. The van der Waals surface area contributed by atoms with Crippen LogP contribution < -0.4 is 11.6 Å². The van der Waals surface area contributed by atoms with E-state index in [9.17, 15) is 4.79 Å². The monoisotopic (exact) mass is 427 g/mol. The van der Waals surface area contributed by atoms with Gasteiger partial charge in [0.1, 0.15) is 17.2 Å². The number of benzene rings is 2. The van der Waals surface area contributed by atoms with E-state index < -0.39 is 0 Å². The van der Waals surface area contributed by atoms with E-state index in [0.29, 0.717) is 23.7 Å². The van der Waals surface area contributed by atoms with E-state index in [1.807, 2.05) is 59.2 Å². The highest BCUT2D eigenvalue weighted by Crippen LogP contribution is 2.27. The Balaban J connectivity index is 1.68. The van der Waals surface area contributed by atoms with Crippen LogP contribution in [0.1, 0.15) is 40.8 Å². The summed E-state index contributed by atoms with van der Waals surface area (Å²) in [7, 11) is 0. The van der Waals surface area contributed by atoms with E-state index >= 15 is 0 Å². The van der Waals surface area contributed by atoms with Gasteiger partial charge in [-0.3, -0.25) is 4.79 Å². The van der Waals surface area contributed by atoms with Crippen LogP contribution in [-0.2, 0) is 13.0 Å². The summed E-state index contributed by atoms with van der Waals surface area (Å²) >= 11 is 0. The average Bonchev–Trinajstić information content (AvgIpc) is 3.48. The molecule has 162 valence electrons. The van der Waals surface area contributed by atoms with E-state index in [1.165, 1.54) is 0 Å². The summed E-state index contributed by atoms with van der Waals surface area (Å²) < 4.78 is 7.47. The third-order valence-corrected chi connectivity index (χ3v) is 5.37. The van der Waals surface area contributed by atoms with Gasteiger partial charge in [-0.2, -0.15) is 5.10 Å². The number of carbonyl (C=O) groups excluding carboxylic acids is 1. The molecule has 7 heteroatoms. The molecule has 0 atom stereocenters. The third-order valence-electron chi connectivity index (χ3n) is 5.37. The lowest BCUT2D eigenvalue weighted by Crippen LogP contribution is -2.16. The Bertz CT molecular complexity index is 1240. The molecule has 4 rings (SSSR count). The summed E-state index contributed by atoms with van der Waals surface area (Å²) in [6.45, 7) is 2.63. The number of imidazole rings is 1. The van der Waals surface area contributed by atoms with E-state index in [-0.39, 0.29) is 5.84 Å². The van der Waals surface area contributed by atoms with Crippen LogP contribution in [0.4, 0.5) is 0 Å². The zero-order chi connectivity index (χ0) is 22.5. The number of nitrogens with two attached hydrogens (primary N) is 2. The second-order valence-corrected chi connectivity index (χ2v) is 7.45. The maximum atomic E-state index is 12.0. The molecule has 0 spiro atoms. The van der Waals surface area contributed by atoms with Gasteiger partial charge in [-0.15, -0.1) is 0 Å². The van der Waals surface area contributed by atoms with Gasteiger partial charge in [-0.1, -0.05) is 55.5 Å². The number of aryl methyl sites for hydroxylation is 1. The molecule has 2 heterocycles. The lowest BCUT2D eigenvalue weighted by molar-refractivity contribution is 0.111. The van der Waals surface area contributed by atoms with Gasteiger partial charge in [0.2, 0.25) is 0 Å². The molecule has 32 heavy (non-hydrogen) atoms. The van der Waals surface area contributed by atoms with Crippen LogP contribution in [0.25, 0.3) is 22.6 Å². The van der Waals surface area contributed by atoms with Crippen molar-refractivity contribution in [2.75, 3.05) is 0 Å². The topological polar surface area (TPSA) is 112 Å². The second-order valence-electron chi connectivity index (χ2n) is 7.45. The van der Waals surface area contributed by atoms with Gasteiger partial charge in [0.25, 0.3) is 0 Å². The highest BCUT2D eigenvalue weighted by Gasteiger charge is 2.19. The van der Waals surface area contributed by atoms with Gasteiger partial charge in [0.15, 0.2) is 17.9 Å². The molecule has 0 aliphatic heterocycles. The number of hydrogen-bond acceptors (Lipinski definition) is 5. The summed E-state index contributed by atoms with van der Waals surface area (Å²) in [5.74, 6) is 7.12. The largest absolute Gasteiger partial charge is 0.463 e. The number of amidine groups is 1. The third kappa shape index (κ3) is 4.05. The number of aromatic nitrogens is 2. The van der Waals surface area contributed by atoms with Crippen LogP contribution in [0.2, 0.25) is 0 Å². The molecule has 0 aliphatic rings. The minimum Gasteiger partial charge on any atom is -0.463 e. The summed E-state index contributed by atoms with van der Waals surface area (Å²) in [5.41, 5.74) is 10.8. The second kappa shape index (κ2) is 9.34. The molecule has 0 saturated carbocycles. The average molecular weight is 428 g/mol. The van der Waals surface area contributed by atoms with E-state index in [0.717, 1.165) is 47.2 Å². The number of carbonyl (C=O) groups is 1. The van der Waals surface area contributed by atoms with Crippen LogP contribution in [0.15, 0.2) is 76.4 Å². The maximum absolute atomic E-state index is 12.0. The standard InChI is InChI=1S/C25H25N5O2/c1-2-6-23-28-24(22-9-5-14-32-22)21(16-31)30(23)15-17-10-12-18(13-11-17)19-7-3-4-8-20(19)25(26)29-27/h3-5,7-14,16H,2,6,15,27H2,1H3,(H2,26,29). The molecule has 2 aromatic heterocycles. The SMILES string of the molecule is CCCc1nc(-c2ccco2)c(C=O)n1Cc1ccc(-c2ccccc2/C(N)=N/N)cc1. The van der Waals surface area contributed by atoms with Crippen molar-refractivity contribution in [3.05, 3.63) is 89.6 Å². The zero-order valence-electron chi connectivity index (χ0n) is 17.9. The summed E-state index contributed by atoms with van der Waals surface area (Å²) in [5, 5.41) is 3.63. The molecule has 2 aromatic carbocycles. The summed E-state index contributed by atoms with van der Waals surface area (Å²) in [6, 6.07) is 19.5. The van der Waals surface area contributed by atoms with Crippen LogP contribution in [0.3, 0.4) is 0 Å². The van der Waals surface area contributed by atoms with Crippen molar-refractivity contribution >= 4 is 12.1 Å². The highest BCUT2D eigenvalue weighted by atomic mass is 16.3. The molecule has 4 N–H and O–H groups in total. The van der Waals surface area contributed by atoms with Gasteiger partial charge in [0, 0.05) is 18.5 Å². The molecule has 4 aromatic rings. The molecule has 0 saturated heterocycles. The van der Waals surface area contributed by atoms with Crippen molar-refractivity contribution in [1.29, 1.82) is 0 Å². The van der Waals surface area contributed by atoms with Crippen molar-refractivity contribution in [2.24, 2.45) is 16.7 Å². The van der Waals surface area contributed by atoms with Crippen molar-refractivity contribution in [2.45, 2.75) is 26.3 Å². The number of hydrogen-bond donors (Lipinski definition) is 2. The number of hydrazone groups is 1. The van der Waals surface area contributed by atoms with Crippen LogP contribution >= 0.6 is 0 Å². The Kier molecular flexibility index (Phi) is 6.17. The lowest BCUT2D eigenvalue weighted by Gasteiger charge is -2.12. The molecule has 0 unspecified atom stereocenters. The first-order valence-corrected chi connectivity index (χ1v) is 10.5. The van der Waals surface area contributed by atoms with Crippen LogP contribution in [0.5, 0.6) is 0 Å². The first-order chi connectivity index (χ1) is 15.7. The first-order valence-electron chi connectivity index (χ1n) is 10.5. The molecule has 7 nitrogen and oxygen atoms in total. The Hall–Kier alpha value is -4.13. The predicted molar refractivity (Wildman–Crippen MR) is 125 cm³/mol. The zero-order valence-corrected chi connectivity index (χ0v) is 17.9. The fourth-order valence-electron chi connectivity index (χ4n) is 3.82. The van der Waals surface area contributed by atoms with Crippen LogP contribution in [-0.4, -0.2) is 21.7 Å². The Morgan fingerprint density at radius 1 is 1.12 bits per heavy atom. The molecule has 0 radical (unpaired) electrons. The molecular formula is C25H25N5O2. The van der Waals surface area contributed by atoms with Gasteiger partial charge >= 0.3 is 0 Å². The smallest absolute Gasteiger partial charge is 0.168 e. The van der Waals surface area contributed by atoms with E-state index in [2.05, 4.69) is 12.0 Å². The Morgan fingerprint density at radius 2 is 1.91 bits per heavy atom. The number of rotatable bonds is 8.